The van der Waals surface area contributed by atoms with Gasteiger partial charge in [0.15, 0.2) is 0 Å². The molecule has 0 spiro atoms. The van der Waals surface area contributed by atoms with Crippen molar-refractivity contribution < 1.29 is 0 Å². The SMILES string of the molecule is CCCNC1CCN(c2ccc(Br)c(Cl)c2Cl)CC1. The maximum Gasteiger partial charge on any atom is 0.0837 e. The highest BCUT2D eigenvalue weighted by Crippen LogP contribution is 2.38. The number of halogens is 3. The molecule has 5 heteroatoms. The van der Waals surface area contributed by atoms with Crippen LogP contribution < -0.4 is 10.2 Å². The van der Waals surface area contributed by atoms with E-state index in [4.69, 9.17) is 23.2 Å². The molecule has 0 saturated carbocycles. The van der Waals surface area contributed by atoms with E-state index in [9.17, 15) is 0 Å². The molecule has 0 amide bonds. The molecular formula is C14H19BrCl2N2. The minimum absolute atomic E-state index is 0.602. The fourth-order valence-electron chi connectivity index (χ4n) is 2.43. The molecule has 0 radical (unpaired) electrons. The van der Waals surface area contributed by atoms with E-state index in [1.165, 1.54) is 6.42 Å². The van der Waals surface area contributed by atoms with Gasteiger partial charge < -0.3 is 10.2 Å². The third-order valence-electron chi connectivity index (χ3n) is 3.53. The van der Waals surface area contributed by atoms with Crippen molar-refractivity contribution in [2.24, 2.45) is 0 Å². The molecular weight excluding hydrogens is 347 g/mol. The van der Waals surface area contributed by atoms with Crippen LogP contribution in [0.15, 0.2) is 16.6 Å². The summed E-state index contributed by atoms with van der Waals surface area (Å²) in [5.74, 6) is 0. The maximum absolute atomic E-state index is 6.33. The molecule has 106 valence electrons. The molecule has 1 aromatic rings. The van der Waals surface area contributed by atoms with Crippen molar-refractivity contribution in [3.8, 4) is 0 Å². The smallest absolute Gasteiger partial charge is 0.0837 e. The zero-order chi connectivity index (χ0) is 13.8. The van der Waals surface area contributed by atoms with Crippen molar-refractivity contribution in [3.05, 3.63) is 26.7 Å². The van der Waals surface area contributed by atoms with Crippen LogP contribution in [0.2, 0.25) is 10.0 Å². The first-order valence-corrected chi connectivity index (χ1v) is 8.30. The van der Waals surface area contributed by atoms with Crippen molar-refractivity contribution >= 4 is 44.8 Å². The molecule has 0 aromatic heterocycles. The summed E-state index contributed by atoms with van der Waals surface area (Å²) in [6.45, 7) is 5.36. The first kappa shape index (κ1) is 15.4. The number of hydrogen-bond donors (Lipinski definition) is 1. The van der Waals surface area contributed by atoms with Crippen molar-refractivity contribution in [2.75, 3.05) is 24.5 Å². The minimum Gasteiger partial charge on any atom is -0.370 e. The lowest BCUT2D eigenvalue weighted by molar-refractivity contribution is 0.416. The monoisotopic (exact) mass is 364 g/mol. The predicted octanol–water partition coefficient (Wildman–Crippen LogP) is 4.72. The Morgan fingerprint density at radius 2 is 1.95 bits per heavy atom. The maximum atomic E-state index is 6.33. The fraction of sp³-hybridized carbons (Fsp3) is 0.571. The summed E-state index contributed by atoms with van der Waals surface area (Å²) in [4.78, 5) is 2.32. The highest BCUT2D eigenvalue weighted by Gasteiger charge is 2.21. The third kappa shape index (κ3) is 3.78. The summed E-state index contributed by atoms with van der Waals surface area (Å²) in [5.41, 5.74) is 1.05. The van der Waals surface area contributed by atoms with E-state index in [-0.39, 0.29) is 0 Å². The third-order valence-corrected chi connectivity index (χ3v) is 5.29. The van der Waals surface area contributed by atoms with E-state index in [1.807, 2.05) is 12.1 Å². The lowest BCUT2D eigenvalue weighted by Crippen LogP contribution is -2.42. The van der Waals surface area contributed by atoms with Gasteiger partial charge in [0.1, 0.15) is 0 Å². The fourth-order valence-corrected chi connectivity index (χ4v) is 3.32. The Morgan fingerprint density at radius 1 is 1.26 bits per heavy atom. The van der Waals surface area contributed by atoms with Gasteiger partial charge in [0.2, 0.25) is 0 Å². The second-order valence-corrected chi connectivity index (χ2v) is 6.52. The average molecular weight is 366 g/mol. The summed E-state index contributed by atoms with van der Waals surface area (Å²) in [6, 6.07) is 4.64. The topological polar surface area (TPSA) is 15.3 Å². The summed E-state index contributed by atoms with van der Waals surface area (Å²) in [5, 5.41) is 4.84. The van der Waals surface area contributed by atoms with Gasteiger partial charge >= 0.3 is 0 Å². The Morgan fingerprint density at radius 3 is 2.58 bits per heavy atom. The Bertz CT molecular complexity index is 432. The van der Waals surface area contributed by atoms with Crippen LogP contribution in [0.5, 0.6) is 0 Å². The Labute approximate surface area is 133 Å². The van der Waals surface area contributed by atoms with Crippen LogP contribution >= 0.6 is 39.1 Å². The van der Waals surface area contributed by atoms with Crippen LogP contribution in [0.4, 0.5) is 5.69 Å². The van der Waals surface area contributed by atoms with Gasteiger partial charge in [0, 0.05) is 23.6 Å². The van der Waals surface area contributed by atoms with E-state index < -0.39 is 0 Å². The van der Waals surface area contributed by atoms with Crippen molar-refractivity contribution in [2.45, 2.75) is 32.2 Å². The van der Waals surface area contributed by atoms with Crippen molar-refractivity contribution in [3.63, 3.8) is 0 Å². The standard InChI is InChI=1S/C14H19BrCl2N2/c1-2-7-18-10-5-8-19(9-6-10)12-4-3-11(15)13(16)14(12)17/h3-4,10,18H,2,5-9H2,1H3. The molecule has 1 aromatic carbocycles. The Balaban J connectivity index is 2.00. The molecule has 0 aliphatic carbocycles. The second-order valence-electron chi connectivity index (χ2n) is 4.91. The zero-order valence-corrected chi connectivity index (χ0v) is 14.2. The van der Waals surface area contributed by atoms with Crippen molar-refractivity contribution in [1.29, 1.82) is 0 Å². The minimum atomic E-state index is 0.602. The van der Waals surface area contributed by atoms with Crippen LogP contribution in [-0.4, -0.2) is 25.7 Å². The van der Waals surface area contributed by atoms with Crippen LogP contribution in [0.1, 0.15) is 26.2 Å². The molecule has 1 fully saturated rings. The van der Waals surface area contributed by atoms with Gasteiger partial charge in [-0.15, -0.1) is 0 Å². The Kier molecular flexibility index (Phi) is 5.82. The zero-order valence-electron chi connectivity index (χ0n) is 11.1. The van der Waals surface area contributed by atoms with Gasteiger partial charge in [-0.25, -0.2) is 0 Å². The van der Waals surface area contributed by atoms with Gasteiger partial charge in [0.05, 0.1) is 15.7 Å². The average Bonchev–Trinajstić information content (AvgIpc) is 2.44. The molecule has 0 unspecified atom stereocenters. The number of rotatable bonds is 4. The summed E-state index contributed by atoms with van der Waals surface area (Å²) >= 11 is 15.9. The molecule has 1 aliphatic rings. The van der Waals surface area contributed by atoms with Gasteiger partial charge in [0.25, 0.3) is 0 Å². The molecule has 1 aliphatic heterocycles. The summed E-state index contributed by atoms with van der Waals surface area (Å²) in [7, 11) is 0. The molecule has 0 atom stereocenters. The lowest BCUT2D eigenvalue weighted by Gasteiger charge is -2.34. The van der Waals surface area contributed by atoms with Crippen LogP contribution in [0.25, 0.3) is 0 Å². The molecule has 1 heterocycles. The van der Waals surface area contributed by atoms with Crippen LogP contribution in [0, 0.1) is 0 Å². The highest BCUT2D eigenvalue weighted by molar-refractivity contribution is 9.10. The molecule has 1 saturated heterocycles. The molecule has 2 rings (SSSR count). The van der Waals surface area contributed by atoms with E-state index in [0.717, 1.165) is 42.6 Å². The van der Waals surface area contributed by atoms with Gasteiger partial charge in [-0.1, -0.05) is 30.1 Å². The molecule has 1 N–H and O–H groups in total. The van der Waals surface area contributed by atoms with Gasteiger partial charge in [-0.05, 0) is 53.9 Å². The van der Waals surface area contributed by atoms with Crippen LogP contribution in [-0.2, 0) is 0 Å². The quantitative estimate of drug-likeness (QED) is 0.776. The number of benzene rings is 1. The first-order chi connectivity index (χ1) is 9.13. The lowest BCUT2D eigenvalue weighted by atomic mass is 10.0. The number of nitrogens with zero attached hydrogens (tertiary/aromatic N) is 1. The second kappa shape index (κ2) is 7.16. The summed E-state index contributed by atoms with van der Waals surface area (Å²) in [6.07, 6.45) is 3.50. The van der Waals surface area contributed by atoms with E-state index in [2.05, 4.69) is 33.1 Å². The molecule has 2 nitrogen and oxygen atoms in total. The van der Waals surface area contributed by atoms with Gasteiger partial charge in [-0.3, -0.25) is 0 Å². The number of hydrogen-bond acceptors (Lipinski definition) is 2. The van der Waals surface area contributed by atoms with E-state index >= 15 is 0 Å². The molecule has 19 heavy (non-hydrogen) atoms. The Hall–Kier alpha value is 0.0400. The molecule has 0 bridgehead atoms. The largest absolute Gasteiger partial charge is 0.370 e. The van der Waals surface area contributed by atoms with E-state index in [1.54, 1.807) is 0 Å². The summed E-state index contributed by atoms with van der Waals surface area (Å²) < 4.78 is 0.849. The normalized spacial score (nSPS) is 16.9. The number of anilines is 1. The van der Waals surface area contributed by atoms with Crippen LogP contribution in [0.3, 0.4) is 0 Å². The number of nitrogens with one attached hydrogen (secondary N) is 1. The van der Waals surface area contributed by atoms with Crippen molar-refractivity contribution in [1.82, 2.24) is 5.32 Å². The first-order valence-electron chi connectivity index (χ1n) is 6.75. The number of piperidine rings is 1. The highest BCUT2D eigenvalue weighted by atomic mass is 79.9. The predicted molar refractivity (Wildman–Crippen MR) is 87.7 cm³/mol. The van der Waals surface area contributed by atoms with E-state index in [0.29, 0.717) is 16.1 Å². The van der Waals surface area contributed by atoms with Gasteiger partial charge in [-0.2, -0.15) is 0 Å².